The molecule has 0 atom stereocenters. The van der Waals surface area contributed by atoms with Gasteiger partial charge in [-0.05, 0) is 13.8 Å². The Hall–Kier alpha value is -0.710. The number of nitrogens with zero attached hydrogens (tertiary/aromatic N) is 4. The molecule has 0 N–H and O–H groups in total. The van der Waals surface area contributed by atoms with Crippen LogP contribution in [-0.2, 0) is 0 Å². The highest BCUT2D eigenvalue weighted by Gasteiger charge is 2.05. The van der Waals surface area contributed by atoms with Crippen molar-refractivity contribution >= 4 is 21.9 Å². The Labute approximate surface area is 86.5 Å². The molecular formula is C8H13BrN4. The van der Waals surface area contributed by atoms with Gasteiger partial charge < -0.3 is 4.90 Å². The summed E-state index contributed by atoms with van der Waals surface area (Å²) in [6.07, 6.45) is 0. The number of halogens is 1. The minimum absolute atomic E-state index is 0.683. The highest BCUT2D eigenvalue weighted by Crippen LogP contribution is 2.06. The molecule has 1 aromatic heterocycles. The van der Waals surface area contributed by atoms with Crippen LogP contribution in [0.15, 0.2) is 0 Å². The fourth-order valence-electron chi connectivity index (χ4n) is 0.834. The Bertz CT molecular complexity index is 289. The predicted octanol–water partition coefficient (Wildman–Crippen LogP) is 1.32. The zero-order valence-corrected chi connectivity index (χ0v) is 9.67. The van der Waals surface area contributed by atoms with E-state index in [2.05, 4.69) is 31.1 Å². The first-order valence-electron chi connectivity index (χ1n) is 4.10. The smallest absolute Gasteiger partial charge is 0.245 e. The van der Waals surface area contributed by atoms with Crippen molar-refractivity contribution in [3.8, 4) is 0 Å². The van der Waals surface area contributed by atoms with Gasteiger partial charge in [-0.25, -0.2) is 4.98 Å². The number of hydrogen-bond acceptors (Lipinski definition) is 4. The zero-order chi connectivity index (χ0) is 9.84. The summed E-state index contributed by atoms with van der Waals surface area (Å²) in [4.78, 5) is 6.29. The number of anilines is 1. The van der Waals surface area contributed by atoms with Crippen molar-refractivity contribution in [3.05, 3.63) is 11.4 Å². The second kappa shape index (κ2) is 4.50. The first kappa shape index (κ1) is 10.4. The number of alkyl halides is 1. The molecule has 0 aromatic carbocycles. The summed E-state index contributed by atoms with van der Waals surface area (Å²) in [6.45, 7) is 4.73. The minimum Gasteiger partial charge on any atom is -0.342 e. The molecule has 0 saturated carbocycles. The molecule has 0 radical (unpaired) electrons. The van der Waals surface area contributed by atoms with Gasteiger partial charge in [-0.2, -0.15) is 5.10 Å². The standard InChI is InChI=1S/C8H13BrN4/c1-6-7(2)11-12-8(10-6)13(3)5-4-9/h4-5H2,1-3H3. The van der Waals surface area contributed by atoms with Gasteiger partial charge in [0.15, 0.2) is 0 Å². The van der Waals surface area contributed by atoms with Crippen molar-refractivity contribution in [2.24, 2.45) is 0 Å². The van der Waals surface area contributed by atoms with Gasteiger partial charge in [0, 0.05) is 18.9 Å². The number of aryl methyl sites for hydroxylation is 2. The summed E-state index contributed by atoms with van der Waals surface area (Å²) in [5, 5.41) is 8.92. The maximum atomic E-state index is 4.32. The summed E-state index contributed by atoms with van der Waals surface area (Å²) in [7, 11) is 1.95. The summed E-state index contributed by atoms with van der Waals surface area (Å²) < 4.78 is 0. The molecule has 1 rings (SSSR count). The van der Waals surface area contributed by atoms with E-state index in [1.807, 2.05) is 25.8 Å². The van der Waals surface area contributed by atoms with E-state index < -0.39 is 0 Å². The molecule has 0 saturated heterocycles. The summed E-state index contributed by atoms with van der Waals surface area (Å²) in [5.74, 6) is 0.683. The van der Waals surface area contributed by atoms with Crippen LogP contribution in [0, 0.1) is 13.8 Å². The van der Waals surface area contributed by atoms with Crippen LogP contribution >= 0.6 is 15.9 Å². The third-order valence-electron chi connectivity index (χ3n) is 1.84. The third-order valence-corrected chi connectivity index (χ3v) is 2.20. The summed E-state index contributed by atoms with van der Waals surface area (Å²) in [6, 6.07) is 0. The number of rotatable bonds is 3. The average molecular weight is 245 g/mol. The predicted molar refractivity (Wildman–Crippen MR) is 56.4 cm³/mol. The lowest BCUT2D eigenvalue weighted by molar-refractivity contribution is 0.826. The molecule has 0 aliphatic rings. The van der Waals surface area contributed by atoms with Crippen molar-refractivity contribution in [1.29, 1.82) is 0 Å². The van der Waals surface area contributed by atoms with Gasteiger partial charge in [0.1, 0.15) is 0 Å². The van der Waals surface area contributed by atoms with Crippen LogP contribution in [0.25, 0.3) is 0 Å². The molecule has 5 heteroatoms. The quantitative estimate of drug-likeness (QED) is 0.753. The monoisotopic (exact) mass is 244 g/mol. The lowest BCUT2D eigenvalue weighted by Gasteiger charge is -2.14. The van der Waals surface area contributed by atoms with Crippen LogP contribution < -0.4 is 4.90 Å². The van der Waals surface area contributed by atoms with Gasteiger partial charge in [-0.1, -0.05) is 15.9 Å². The van der Waals surface area contributed by atoms with Crippen LogP contribution in [0.2, 0.25) is 0 Å². The van der Waals surface area contributed by atoms with Crippen LogP contribution in [-0.4, -0.2) is 34.1 Å². The largest absolute Gasteiger partial charge is 0.342 e. The van der Waals surface area contributed by atoms with Crippen LogP contribution in [0.1, 0.15) is 11.4 Å². The topological polar surface area (TPSA) is 41.9 Å². The molecule has 0 bridgehead atoms. The molecule has 1 aromatic rings. The molecule has 0 amide bonds. The lowest BCUT2D eigenvalue weighted by Crippen LogP contribution is -2.22. The Kier molecular flexibility index (Phi) is 3.59. The minimum atomic E-state index is 0.683. The van der Waals surface area contributed by atoms with E-state index in [4.69, 9.17) is 0 Å². The van der Waals surface area contributed by atoms with E-state index in [1.54, 1.807) is 0 Å². The SMILES string of the molecule is Cc1nnc(N(C)CCBr)nc1C. The number of aromatic nitrogens is 3. The molecule has 0 unspecified atom stereocenters. The number of hydrogen-bond donors (Lipinski definition) is 0. The van der Waals surface area contributed by atoms with E-state index in [0.29, 0.717) is 5.95 Å². The van der Waals surface area contributed by atoms with E-state index in [1.165, 1.54) is 0 Å². The molecule has 13 heavy (non-hydrogen) atoms. The van der Waals surface area contributed by atoms with Crippen molar-refractivity contribution in [1.82, 2.24) is 15.2 Å². The van der Waals surface area contributed by atoms with Crippen molar-refractivity contribution in [2.75, 3.05) is 23.8 Å². The average Bonchev–Trinajstić information content (AvgIpc) is 2.10. The highest BCUT2D eigenvalue weighted by molar-refractivity contribution is 9.09. The Morgan fingerprint density at radius 1 is 1.23 bits per heavy atom. The van der Waals surface area contributed by atoms with Gasteiger partial charge >= 0.3 is 0 Å². The van der Waals surface area contributed by atoms with Gasteiger partial charge in [0.05, 0.1) is 11.4 Å². The highest BCUT2D eigenvalue weighted by atomic mass is 79.9. The summed E-state index contributed by atoms with van der Waals surface area (Å²) in [5.41, 5.74) is 1.82. The normalized spacial score (nSPS) is 10.2. The van der Waals surface area contributed by atoms with Crippen molar-refractivity contribution in [3.63, 3.8) is 0 Å². The third kappa shape index (κ3) is 2.62. The van der Waals surface area contributed by atoms with Gasteiger partial charge in [-0.3, -0.25) is 0 Å². The fourth-order valence-corrected chi connectivity index (χ4v) is 1.37. The molecule has 0 spiro atoms. The van der Waals surface area contributed by atoms with Crippen LogP contribution in [0.5, 0.6) is 0 Å². The summed E-state index contributed by atoms with van der Waals surface area (Å²) >= 11 is 3.36. The van der Waals surface area contributed by atoms with Crippen LogP contribution in [0.4, 0.5) is 5.95 Å². The Balaban J connectivity index is 2.84. The van der Waals surface area contributed by atoms with Gasteiger partial charge in [0.25, 0.3) is 0 Å². The fraction of sp³-hybridized carbons (Fsp3) is 0.625. The van der Waals surface area contributed by atoms with E-state index >= 15 is 0 Å². The molecule has 1 heterocycles. The zero-order valence-electron chi connectivity index (χ0n) is 8.08. The Morgan fingerprint density at radius 3 is 2.46 bits per heavy atom. The molecule has 0 fully saturated rings. The molecule has 4 nitrogen and oxygen atoms in total. The van der Waals surface area contributed by atoms with E-state index in [9.17, 15) is 0 Å². The first-order chi connectivity index (χ1) is 6.15. The van der Waals surface area contributed by atoms with E-state index in [-0.39, 0.29) is 0 Å². The first-order valence-corrected chi connectivity index (χ1v) is 5.22. The van der Waals surface area contributed by atoms with Crippen LogP contribution in [0.3, 0.4) is 0 Å². The van der Waals surface area contributed by atoms with Crippen molar-refractivity contribution < 1.29 is 0 Å². The van der Waals surface area contributed by atoms with E-state index in [0.717, 1.165) is 23.3 Å². The van der Waals surface area contributed by atoms with Gasteiger partial charge in [-0.15, -0.1) is 5.10 Å². The van der Waals surface area contributed by atoms with Crippen molar-refractivity contribution in [2.45, 2.75) is 13.8 Å². The second-order valence-electron chi connectivity index (χ2n) is 2.89. The maximum absolute atomic E-state index is 4.32. The van der Waals surface area contributed by atoms with Gasteiger partial charge in [0.2, 0.25) is 5.95 Å². The molecular weight excluding hydrogens is 232 g/mol. The second-order valence-corrected chi connectivity index (χ2v) is 3.69. The molecule has 0 aliphatic carbocycles. The Morgan fingerprint density at radius 2 is 1.92 bits per heavy atom. The molecule has 0 aliphatic heterocycles. The lowest BCUT2D eigenvalue weighted by atomic mass is 10.4. The molecule has 72 valence electrons. The maximum Gasteiger partial charge on any atom is 0.245 e.